The van der Waals surface area contributed by atoms with Crippen LogP contribution in [0, 0.1) is 0 Å². The van der Waals surface area contributed by atoms with Crippen LogP contribution in [0.3, 0.4) is 0 Å². The van der Waals surface area contributed by atoms with Crippen LogP contribution in [-0.4, -0.2) is 19.5 Å². The van der Waals surface area contributed by atoms with Crippen LogP contribution in [0.25, 0.3) is 0 Å². The Kier molecular flexibility index (Phi) is 3.14. The summed E-state index contributed by atoms with van der Waals surface area (Å²) < 4.78 is 4.70. The number of carbonyl (C=O) groups is 1. The molecule has 0 N–H and O–H groups in total. The van der Waals surface area contributed by atoms with Gasteiger partial charge in [-0.15, -0.1) is 0 Å². The zero-order valence-electron chi connectivity index (χ0n) is 7.45. The minimum Gasteiger partial charge on any atom is -0.414 e. The molecule has 0 radical (unpaired) electrons. The monoisotopic (exact) mass is 199 g/mol. The standard InChI is InChI=1S/C9H10ClNO2/c1-11(2)7-4-3-5-8(6-7)13-9(10)12/h3-6H,1-2H3. The number of ether oxygens (including phenoxy) is 1. The molecular weight excluding hydrogens is 190 g/mol. The zero-order valence-corrected chi connectivity index (χ0v) is 8.21. The van der Waals surface area contributed by atoms with E-state index in [1.807, 2.05) is 25.1 Å². The molecule has 0 bridgehead atoms. The van der Waals surface area contributed by atoms with Crippen molar-refractivity contribution in [2.24, 2.45) is 0 Å². The molecule has 0 unspecified atom stereocenters. The Hall–Kier alpha value is -1.22. The van der Waals surface area contributed by atoms with Gasteiger partial charge < -0.3 is 9.64 Å². The first kappa shape index (κ1) is 9.86. The van der Waals surface area contributed by atoms with E-state index in [4.69, 9.17) is 16.3 Å². The van der Waals surface area contributed by atoms with Crippen molar-refractivity contribution in [2.75, 3.05) is 19.0 Å². The van der Waals surface area contributed by atoms with Crippen molar-refractivity contribution in [3.05, 3.63) is 24.3 Å². The highest BCUT2D eigenvalue weighted by atomic mass is 35.5. The van der Waals surface area contributed by atoms with Crippen LogP contribution in [-0.2, 0) is 0 Å². The summed E-state index contributed by atoms with van der Waals surface area (Å²) in [6, 6.07) is 7.11. The molecule has 0 aliphatic rings. The van der Waals surface area contributed by atoms with E-state index in [0.717, 1.165) is 5.69 Å². The van der Waals surface area contributed by atoms with E-state index in [2.05, 4.69) is 0 Å². The minimum atomic E-state index is -0.823. The fraction of sp³-hybridized carbons (Fsp3) is 0.222. The number of hydrogen-bond donors (Lipinski definition) is 0. The summed E-state index contributed by atoms with van der Waals surface area (Å²) >= 11 is 5.07. The number of halogens is 1. The van der Waals surface area contributed by atoms with Crippen molar-refractivity contribution in [3.63, 3.8) is 0 Å². The van der Waals surface area contributed by atoms with E-state index in [9.17, 15) is 4.79 Å². The van der Waals surface area contributed by atoms with Gasteiger partial charge in [0.05, 0.1) is 0 Å². The first-order valence-corrected chi connectivity index (χ1v) is 4.12. The Morgan fingerprint density at radius 1 is 1.46 bits per heavy atom. The quantitative estimate of drug-likeness (QED) is 0.686. The largest absolute Gasteiger partial charge is 0.414 e. The molecule has 0 saturated heterocycles. The molecular formula is C9H10ClNO2. The molecule has 0 heterocycles. The molecule has 1 aromatic rings. The Labute approximate surface area is 81.9 Å². The second kappa shape index (κ2) is 4.14. The van der Waals surface area contributed by atoms with E-state index in [-0.39, 0.29) is 0 Å². The number of hydrogen-bond acceptors (Lipinski definition) is 3. The van der Waals surface area contributed by atoms with E-state index >= 15 is 0 Å². The van der Waals surface area contributed by atoms with Crippen LogP contribution in [0.4, 0.5) is 10.5 Å². The Morgan fingerprint density at radius 2 is 2.15 bits per heavy atom. The van der Waals surface area contributed by atoms with Gasteiger partial charge in [0.1, 0.15) is 5.75 Å². The van der Waals surface area contributed by atoms with Gasteiger partial charge in [0, 0.05) is 37.5 Å². The van der Waals surface area contributed by atoms with Crippen molar-refractivity contribution in [2.45, 2.75) is 0 Å². The Balaban J connectivity index is 2.85. The van der Waals surface area contributed by atoms with Crippen molar-refractivity contribution in [3.8, 4) is 5.75 Å². The van der Waals surface area contributed by atoms with Gasteiger partial charge in [-0.25, -0.2) is 4.79 Å². The summed E-state index contributed by atoms with van der Waals surface area (Å²) in [7, 11) is 3.81. The van der Waals surface area contributed by atoms with Gasteiger partial charge in [-0.1, -0.05) is 6.07 Å². The lowest BCUT2D eigenvalue weighted by Gasteiger charge is -2.12. The smallest absolute Gasteiger partial charge is 0.409 e. The lowest BCUT2D eigenvalue weighted by molar-refractivity contribution is 0.225. The maximum Gasteiger partial charge on any atom is 0.409 e. The molecule has 0 fully saturated rings. The lowest BCUT2D eigenvalue weighted by atomic mass is 10.3. The highest BCUT2D eigenvalue weighted by molar-refractivity contribution is 6.61. The third-order valence-corrected chi connectivity index (χ3v) is 1.61. The van der Waals surface area contributed by atoms with Crippen LogP contribution in [0.1, 0.15) is 0 Å². The molecule has 70 valence electrons. The summed E-state index contributed by atoms with van der Waals surface area (Å²) in [6.07, 6.45) is 0. The number of rotatable bonds is 2. The average Bonchev–Trinajstić information content (AvgIpc) is 2.03. The van der Waals surface area contributed by atoms with Crippen LogP contribution < -0.4 is 9.64 Å². The van der Waals surface area contributed by atoms with Crippen molar-refractivity contribution >= 4 is 22.7 Å². The number of anilines is 1. The molecule has 0 aromatic heterocycles. The summed E-state index contributed by atoms with van der Waals surface area (Å²) in [5.41, 5.74) is 0.131. The average molecular weight is 200 g/mol. The molecule has 4 heteroatoms. The number of nitrogens with zero attached hydrogens (tertiary/aromatic N) is 1. The molecule has 0 aliphatic carbocycles. The van der Waals surface area contributed by atoms with Crippen molar-refractivity contribution in [1.82, 2.24) is 0 Å². The van der Waals surface area contributed by atoms with E-state index in [0.29, 0.717) is 5.75 Å². The van der Waals surface area contributed by atoms with Crippen molar-refractivity contribution in [1.29, 1.82) is 0 Å². The second-order valence-electron chi connectivity index (χ2n) is 2.73. The molecule has 1 aromatic carbocycles. The molecule has 13 heavy (non-hydrogen) atoms. The number of carbonyl (C=O) groups excluding carboxylic acids is 1. The lowest BCUT2D eigenvalue weighted by Crippen LogP contribution is -2.08. The van der Waals surface area contributed by atoms with Gasteiger partial charge in [-0.05, 0) is 12.1 Å². The van der Waals surface area contributed by atoms with Crippen molar-refractivity contribution < 1.29 is 9.53 Å². The third kappa shape index (κ3) is 2.95. The molecule has 1 rings (SSSR count). The molecule has 0 saturated carbocycles. The van der Waals surface area contributed by atoms with Gasteiger partial charge >= 0.3 is 5.43 Å². The Bertz CT molecular complexity index is 312. The first-order valence-electron chi connectivity index (χ1n) is 3.74. The van der Waals surface area contributed by atoms with Crippen LogP contribution in [0.5, 0.6) is 5.75 Å². The predicted molar refractivity (Wildman–Crippen MR) is 52.6 cm³/mol. The zero-order chi connectivity index (χ0) is 9.84. The molecule has 0 aliphatic heterocycles. The van der Waals surface area contributed by atoms with Gasteiger partial charge in [0.15, 0.2) is 0 Å². The maximum atomic E-state index is 10.4. The van der Waals surface area contributed by atoms with E-state index < -0.39 is 5.43 Å². The van der Waals surface area contributed by atoms with Gasteiger partial charge in [-0.2, -0.15) is 0 Å². The van der Waals surface area contributed by atoms with Gasteiger partial charge in [0.25, 0.3) is 0 Å². The normalized spacial score (nSPS) is 9.46. The highest BCUT2D eigenvalue weighted by Crippen LogP contribution is 2.19. The molecule has 0 atom stereocenters. The minimum absolute atomic E-state index is 0.450. The summed E-state index contributed by atoms with van der Waals surface area (Å²) in [5.74, 6) is 0.450. The number of benzene rings is 1. The van der Waals surface area contributed by atoms with E-state index in [1.165, 1.54) is 0 Å². The molecule has 0 spiro atoms. The van der Waals surface area contributed by atoms with Crippen LogP contribution in [0.2, 0.25) is 0 Å². The fourth-order valence-corrected chi connectivity index (χ4v) is 1.01. The highest BCUT2D eigenvalue weighted by Gasteiger charge is 2.01. The summed E-state index contributed by atoms with van der Waals surface area (Å²) in [4.78, 5) is 12.3. The fourth-order valence-electron chi connectivity index (χ4n) is 0.918. The van der Waals surface area contributed by atoms with Gasteiger partial charge in [-0.3, -0.25) is 0 Å². The summed E-state index contributed by atoms with van der Waals surface area (Å²) in [6.45, 7) is 0. The second-order valence-corrected chi connectivity index (χ2v) is 3.04. The predicted octanol–water partition coefficient (Wildman–Crippen LogP) is 2.49. The first-order chi connectivity index (χ1) is 6.09. The van der Waals surface area contributed by atoms with E-state index in [1.54, 1.807) is 18.2 Å². The Morgan fingerprint density at radius 3 is 2.69 bits per heavy atom. The molecule has 0 amide bonds. The maximum absolute atomic E-state index is 10.4. The third-order valence-electron chi connectivity index (χ3n) is 1.53. The van der Waals surface area contributed by atoms with Crippen LogP contribution >= 0.6 is 11.6 Å². The van der Waals surface area contributed by atoms with Crippen LogP contribution in [0.15, 0.2) is 24.3 Å². The molecule has 3 nitrogen and oxygen atoms in total. The topological polar surface area (TPSA) is 29.5 Å². The SMILES string of the molecule is CN(C)c1cccc(OC(=O)Cl)c1. The van der Waals surface area contributed by atoms with Gasteiger partial charge in [0.2, 0.25) is 0 Å². The summed E-state index contributed by atoms with van der Waals surface area (Å²) in [5, 5.41) is 0.